The summed E-state index contributed by atoms with van der Waals surface area (Å²) in [5.74, 6) is 0.190. The van der Waals surface area contributed by atoms with Crippen LogP contribution in [0.2, 0.25) is 0 Å². The third-order valence-corrected chi connectivity index (χ3v) is 3.05. The molecule has 0 saturated carbocycles. The Morgan fingerprint density at radius 2 is 2.05 bits per heavy atom. The van der Waals surface area contributed by atoms with E-state index in [-0.39, 0.29) is 17.3 Å². The molecule has 0 radical (unpaired) electrons. The Labute approximate surface area is 113 Å². The molecule has 0 fully saturated rings. The number of carbonyl (C=O) groups is 1. The first-order valence-corrected chi connectivity index (χ1v) is 6.65. The molecule has 1 unspecified atom stereocenters. The molecule has 0 aliphatic rings. The standard InChI is InChI=1S/C13H22N4O2/c1-5-16(6-2)12(18)10(4)15-11-13(19)17(7-3)9-8-14-11/h8-10H,5-7H2,1-4H3,(H,14,15). The lowest BCUT2D eigenvalue weighted by atomic mass is 10.3. The average molecular weight is 266 g/mol. The lowest BCUT2D eigenvalue weighted by Gasteiger charge is -2.23. The lowest BCUT2D eigenvalue weighted by Crippen LogP contribution is -2.42. The summed E-state index contributed by atoms with van der Waals surface area (Å²) in [6.45, 7) is 9.37. The van der Waals surface area contributed by atoms with E-state index >= 15 is 0 Å². The van der Waals surface area contributed by atoms with Crippen LogP contribution < -0.4 is 10.9 Å². The Balaban J connectivity index is 2.85. The van der Waals surface area contributed by atoms with Gasteiger partial charge in [0, 0.05) is 32.0 Å². The van der Waals surface area contributed by atoms with Gasteiger partial charge >= 0.3 is 0 Å². The summed E-state index contributed by atoms with van der Waals surface area (Å²) in [5.41, 5.74) is -0.204. The molecule has 0 aliphatic carbocycles. The maximum atomic E-state index is 12.1. The fraction of sp³-hybridized carbons (Fsp3) is 0.615. The van der Waals surface area contributed by atoms with Gasteiger partial charge in [-0.2, -0.15) is 0 Å². The van der Waals surface area contributed by atoms with Crippen molar-refractivity contribution in [2.45, 2.75) is 40.3 Å². The van der Waals surface area contributed by atoms with Crippen LogP contribution in [0.1, 0.15) is 27.7 Å². The Hall–Kier alpha value is -1.85. The second-order valence-corrected chi connectivity index (χ2v) is 4.24. The minimum Gasteiger partial charge on any atom is -0.354 e. The highest BCUT2D eigenvalue weighted by Crippen LogP contribution is 2.01. The Bertz CT molecular complexity index is 480. The van der Waals surface area contributed by atoms with Crippen LogP contribution in [0.25, 0.3) is 0 Å². The fourth-order valence-electron chi connectivity index (χ4n) is 1.87. The number of aromatic nitrogens is 2. The largest absolute Gasteiger partial charge is 0.354 e. The summed E-state index contributed by atoms with van der Waals surface area (Å²) in [4.78, 5) is 29.8. The van der Waals surface area contributed by atoms with Crippen LogP contribution in [-0.4, -0.2) is 39.5 Å². The molecule has 1 heterocycles. The first-order valence-electron chi connectivity index (χ1n) is 6.65. The van der Waals surface area contributed by atoms with Gasteiger partial charge in [0.05, 0.1) is 0 Å². The van der Waals surface area contributed by atoms with E-state index in [1.54, 1.807) is 28.8 Å². The molecule has 1 N–H and O–H groups in total. The molecule has 0 saturated heterocycles. The van der Waals surface area contributed by atoms with Crippen molar-refractivity contribution in [1.82, 2.24) is 14.5 Å². The average Bonchev–Trinajstić information content (AvgIpc) is 2.42. The Morgan fingerprint density at radius 1 is 1.42 bits per heavy atom. The van der Waals surface area contributed by atoms with Crippen LogP contribution in [0.15, 0.2) is 17.2 Å². The van der Waals surface area contributed by atoms with E-state index in [9.17, 15) is 9.59 Å². The van der Waals surface area contributed by atoms with Gasteiger partial charge in [0.25, 0.3) is 5.56 Å². The van der Waals surface area contributed by atoms with Gasteiger partial charge in [0.2, 0.25) is 5.91 Å². The molecule has 1 atom stereocenters. The van der Waals surface area contributed by atoms with E-state index in [4.69, 9.17) is 0 Å². The second kappa shape index (κ2) is 6.92. The summed E-state index contributed by atoms with van der Waals surface area (Å²) in [7, 11) is 0. The number of amides is 1. The zero-order chi connectivity index (χ0) is 14.4. The van der Waals surface area contributed by atoms with Gasteiger partial charge in [0.1, 0.15) is 6.04 Å². The zero-order valence-electron chi connectivity index (χ0n) is 12.0. The Morgan fingerprint density at radius 3 is 2.58 bits per heavy atom. The van der Waals surface area contributed by atoms with Crippen LogP contribution in [-0.2, 0) is 11.3 Å². The molecule has 1 aromatic rings. The molecule has 6 nitrogen and oxygen atoms in total. The number of nitrogens with zero attached hydrogens (tertiary/aromatic N) is 3. The van der Waals surface area contributed by atoms with Crippen molar-refractivity contribution in [2.75, 3.05) is 18.4 Å². The first-order chi connectivity index (χ1) is 9.04. The zero-order valence-corrected chi connectivity index (χ0v) is 12.0. The molecule has 1 rings (SSSR count). The fourth-order valence-corrected chi connectivity index (χ4v) is 1.87. The predicted molar refractivity (Wildman–Crippen MR) is 75.2 cm³/mol. The quantitative estimate of drug-likeness (QED) is 0.832. The molecule has 19 heavy (non-hydrogen) atoms. The van der Waals surface area contributed by atoms with E-state index < -0.39 is 6.04 Å². The van der Waals surface area contributed by atoms with Gasteiger partial charge in [-0.05, 0) is 27.7 Å². The molecule has 0 spiro atoms. The molecule has 1 amide bonds. The number of carbonyl (C=O) groups excluding carboxylic acids is 1. The topological polar surface area (TPSA) is 67.2 Å². The number of hydrogen-bond donors (Lipinski definition) is 1. The van der Waals surface area contributed by atoms with Gasteiger partial charge in [-0.3, -0.25) is 9.59 Å². The molecular weight excluding hydrogens is 244 g/mol. The van der Waals surface area contributed by atoms with E-state index in [2.05, 4.69) is 10.3 Å². The molecule has 0 aliphatic heterocycles. The van der Waals surface area contributed by atoms with E-state index in [1.807, 2.05) is 20.8 Å². The highest BCUT2D eigenvalue weighted by Gasteiger charge is 2.19. The SMILES string of the molecule is CCN(CC)C(=O)C(C)Nc1nccn(CC)c1=O. The molecular formula is C13H22N4O2. The normalized spacial score (nSPS) is 12.0. The number of hydrogen-bond acceptors (Lipinski definition) is 4. The maximum Gasteiger partial charge on any atom is 0.293 e. The van der Waals surface area contributed by atoms with Crippen molar-refractivity contribution in [3.8, 4) is 0 Å². The third kappa shape index (κ3) is 3.56. The number of likely N-dealkylation sites (N-methyl/N-ethyl adjacent to an activating group) is 1. The van der Waals surface area contributed by atoms with Gasteiger partial charge in [-0.15, -0.1) is 0 Å². The van der Waals surface area contributed by atoms with Crippen LogP contribution in [0, 0.1) is 0 Å². The molecule has 6 heteroatoms. The van der Waals surface area contributed by atoms with Crippen LogP contribution in [0.5, 0.6) is 0 Å². The molecule has 0 bridgehead atoms. The van der Waals surface area contributed by atoms with Crippen LogP contribution in [0.4, 0.5) is 5.82 Å². The van der Waals surface area contributed by atoms with Gasteiger partial charge < -0.3 is 14.8 Å². The summed E-state index contributed by atoms with van der Waals surface area (Å²) >= 11 is 0. The van der Waals surface area contributed by atoms with Gasteiger partial charge in [-0.1, -0.05) is 0 Å². The predicted octanol–water partition coefficient (Wildman–Crippen LogP) is 0.932. The van der Waals surface area contributed by atoms with Crippen molar-refractivity contribution < 1.29 is 4.79 Å². The first kappa shape index (κ1) is 15.2. The highest BCUT2D eigenvalue weighted by atomic mass is 16.2. The van der Waals surface area contributed by atoms with Crippen LogP contribution in [0.3, 0.4) is 0 Å². The monoisotopic (exact) mass is 266 g/mol. The van der Waals surface area contributed by atoms with Crippen molar-refractivity contribution in [3.63, 3.8) is 0 Å². The van der Waals surface area contributed by atoms with E-state index in [0.717, 1.165) is 0 Å². The number of rotatable bonds is 6. The minimum atomic E-state index is -0.465. The molecule has 0 aromatic carbocycles. The number of anilines is 1. The number of aryl methyl sites for hydroxylation is 1. The van der Waals surface area contributed by atoms with E-state index in [1.165, 1.54) is 0 Å². The highest BCUT2D eigenvalue weighted by molar-refractivity contribution is 5.83. The van der Waals surface area contributed by atoms with Crippen LogP contribution >= 0.6 is 0 Å². The molecule has 106 valence electrons. The molecule has 1 aromatic heterocycles. The summed E-state index contributed by atoms with van der Waals surface area (Å²) in [6, 6.07) is -0.465. The van der Waals surface area contributed by atoms with Crippen molar-refractivity contribution >= 4 is 11.7 Å². The van der Waals surface area contributed by atoms with E-state index in [0.29, 0.717) is 19.6 Å². The third-order valence-electron chi connectivity index (χ3n) is 3.05. The van der Waals surface area contributed by atoms with Crippen molar-refractivity contribution in [3.05, 3.63) is 22.7 Å². The van der Waals surface area contributed by atoms with Gasteiger partial charge in [0.15, 0.2) is 5.82 Å². The minimum absolute atomic E-state index is 0.0295. The Kier molecular flexibility index (Phi) is 5.54. The smallest absolute Gasteiger partial charge is 0.293 e. The second-order valence-electron chi connectivity index (χ2n) is 4.24. The van der Waals surface area contributed by atoms with Crippen molar-refractivity contribution in [1.29, 1.82) is 0 Å². The van der Waals surface area contributed by atoms with Crippen molar-refractivity contribution in [2.24, 2.45) is 0 Å². The maximum absolute atomic E-state index is 12.1. The summed E-state index contributed by atoms with van der Waals surface area (Å²) < 4.78 is 1.55. The summed E-state index contributed by atoms with van der Waals surface area (Å²) in [6.07, 6.45) is 3.19. The lowest BCUT2D eigenvalue weighted by molar-refractivity contribution is -0.131. The summed E-state index contributed by atoms with van der Waals surface area (Å²) in [5, 5.41) is 2.90. The number of nitrogens with one attached hydrogen (secondary N) is 1. The van der Waals surface area contributed by atoms with Gasteiger partial charge in [-0.25, -0.2) is 4.98 Å².